The summed E-state index contributed by atoms with van der Waals surface area (Å²) in [6.45, 7) is 5.65. The summed E-state index contributed by atoms with van der Waals surface area (Å²) >= 11 is 0. The highest BCUT2D eigenvalue weighted by Crippen LogP contribution is 2.35. The zero-order valence-electron chi connectivity index (χ0n) is 11.8. The summed E-state index contributed by atoms with van der Waals surface area (Å²) in [5.74, 6) is 0.782. The van der Waals surface area contributed by atoms with E-state index in [1.165, 1.54) is 19.3 Å². The predicted molar refractivity (Wildman–Crippen MR) is 73.3 cm³/mol. The first-order valence-corrected chi connectivity index (χ1v) is 7.26. The van der Waals surface area contributed by atoms with Crippen molar-refractivity contribution in [3.63, 3.8) is 0 Å². The van der Waals surface area contributed by atoms with Crippen molar-refractivity contribution in [3.8, 4) is 0 Å². The molecule has 1 amide bonds. The molecule has 0 bridgehead atoms. The zero-order chi connectivity index (χ0) is 13.4. The fourth-order valence-electron chi connectivity index (χ4n) is 2.55. The lowest BCUT2D eigenvalue weighted by molar-refractivity contribution is -0.136. The number of rotatable bonds is 7. The minimum atomic E-state index is -0.255. The average Bonchev–Trinajstić information content (AvgIpc) is 2.43. The van der Waals surface area contributed by atoms with E-state index in [2.05, 4.69) is 12.2 Å². The third-order valence-electron chi connectivity index (χ3n) is 4.05. The summed E-state index contributed by atoms with van der Waals surface area (Å²) in [6.07, 6.45) is 6.50. The van der Waals surface area contributed by atoms with Gasteiger partial charge in [0.05, 0.1) is 5.60 Å². The van der Waals surface area contributed by atoms with Crippen molar-refractivity contribution in [2.45, 2.75) is 58.0 Å². The van der Waals surface area contributed by atoms with Gasteiger partial charge in [-0.2, -0.15) is 0 Å². The summed E-state index contributed by atoms with van der Waals surface area (Å²) in [7, 11) is 0. The Morgan fingerprint density at radius 3 is 2.56 bits per heavy atom. The van der Waals surface area contributed by atoms with Crippen LogP contribution < -0.4 is 11.1 Å². The van der Waals surface area contributed by atoms with Gasteiger partial charge in [0.15, 0.2) is 0 Å². The van der Waals surface area contributed by atoms with Crippen LogP contribution in [0.15, 0.2) is 0 Å². The van der Waals surface area contributed by atoms with Crippen LogP contribution in [0.4, 0.5) is 0 Å². The van der Waals surface area contributed by atoms with E-state index in [1.54, 1.807) is 0 Å². The molecule has 0 aromatic heterocycles. The topological polar surface area (TPSA) is 64.3 Å². The van der Waals surface area contributed by atoms with Gasteiger partial charge in [-0.1, -0.05) is 20.3 Å². The fraction of sp³-hybridized carbons (Fsp3) is 0.929. The molecular formula is C14H28N2O2. The lowest BCUT2D eigenvalue weighted by Gasteiger charge is -2.39. The number of ether oxygens (including phenoxy) is 1. The highest BCUT2D eigenvalue weighted by molar-refractivity contribution is 5.77. The van der Waals surface area contributed by atoms with Gasteiger partial charge in [-0.25, -0.2) is 0 Å². The maximum absolute atomic E-state index is 11.5. The quantitative estimate of drug-likeness (QED) is 0.730. The lowest BCUT2D eigenvalue weighted by atomic mass is 9.77. The number of carbonyl (C=O) groups is 1. The molecule has 18 heavy (non-hydrogen) atoms. The molecule has 0 saturated heterocycles. The van der Waals surface area contributed by atoms with Crippen LogP contribution in [-0.4, -0.2) is 31.2 Å². The number of nitrogens with two attached hydrogens (primary N) is 1. The number of nitrogens with one attached hydrogen (secondary N) is 1. The Morgan fingerprint density at radius 2 is 2.06 bits per heavy atom. The van der Waals surface area contributed by atoms with Gasteiger partial charge in [0.2, 0.25) is 5.91 Å². The normalized spacial score (nSPS) is 28.1. The van der Waals surface area contributed by atoms with Crippen LogP contribution >= 0.6 is 0 Å². The molecule has 0 aromatic carbocycles. The molecule has 3 N–H and O–H groups in total. The highest BCUT2D eigenvalue weighted by atomic mass is 16.5. The van der Waals surface area contributed by atoms with E-state index < -0.39 is 0 Å². The Hall–Kier alpha value is -0.610. The Labute approximate surface area is 111 Å². The van der Waals surface area contributed by atoms with E-state index >= 15 is 0 Å². The van der Waals surface area contributed by atoms with Gasteiger partial charge in [-0.05, 0) is 38.0 Å². The second-order valence-corrected chi connectivity index (χ2v) is 5.38. The molecule has 1 fully saturated rings. The molecular weight excluding hydrogens is 228 g/mol. The van der Waals surface area contributed by atoms with Gasteiger partial charge in [-0.3, -0.25) is 4.79 Å². The summed E-state index contributed by atoms with van der Waals surface area (Å²) < 4.78 is 5.83. The highest BCUT2D eigenvalue weighted by Gasteiger charge is 2.35. The fourth-order valence-corrected chi connectivity index (χ4v) is 2.55. The van der Waals surface area contributed by atoms with Crippen molar-refractivity contribution in [1.82, 2.24) is 5.32 Å². The van der Waals surface area contributed by atoms with Crippen molar-refractivity contribution in [3.05, 3.63) is 0 Å². The van der Waals surface area contributed by atoms with Crippen LogP contribution in [0.1, 0.15) is 52.4 Å². The third kappa shape index (κ3) is 4.58. The second-order valence-electron chi connectivity index (χ2n) is 5.38. The van der Waals surface area contributed by atoms with Crippen molar-refractivity contribution in [2.75, 3.05) is 19.7 Å². The Kier molecular flexibility index (Phi) is 6.65. The van der Waals surface area contributed by atoms with Crippen LogP contribution in [-0.2, 0) is 9.53 Å². The van der Waals surface area contributed by atoms with Crippen molar-refractivity contribution in [1.29, 1.82) is 0 Å². The van der Waals surface area contributed by atoms with E-state index in [0.717, 1.165) is 31.7 Å². The molecule has 4 nitrogen and oxygen atoms in total. The molecule has 1 rings (SSSR count). The van der Waals surface area contributed by atoms with Gasteiger partial charge < -0.3 is 15.8 Å². The van der Waals surface area contributed by atoms with Crippen molar-refractivity contribution >= 4 is 5.91 Å². The van der Waals surface area contributed by atoms with E-state index in [9.17, 15) is 4.79 Å². The number of hydrogen-bond donors (Lipinski definition) is 2. The predicted octanol–water partition coefficient (Wildman–Crippen LogP) is 1.83. The third-order valence-corrected chi connectivity index (χ3v) is 4.05. The first-order chi connectivity index (χ1) is 8.65. The van der Waals surface area contributed by atoms with Gasteiger partial charge in [0, 0.05) is 13.1 Å². The summed E-state index contributed by atoms with van der Waals surface area (Å²) in [5.41, 5.74) is 5.60. The number of hydrogen-bond acceptors (Lipinski definition) is 3. The van der Waals surface area contributed by atoms with Crippen LogP contribution in [0.5, 0.6) is 0 Å². The molecule has 0 radical (unpaired) electrons. The van der Waals surface area contributed by atoms with Crippen LogP contribution in [0.3, 0.4) is 0 Å². The maximum Gasteiger partial charge on any atom is 0.246 e. The average molecular weight is 256 g/mol. The molecule has 0 heterocycles. The molecule has 106 valence electrons. The van der Waals surface area contributed by atoms with Crippen LogP contribution in [0.25, 0.3) is 0 Å². The van der Waals surface area contributed by atoms with E-state index in [4.69, 9.17) is 10.5 Å². The van der Waals surface area contributed by atoms with Crippen molar-refractivity contribution < 1.29 is 9.53 Å². The maximum atomic E-state index is 11.5. The molecule has 1 aliphatic carbocycles. The molecule has 0 unspecified atom stereocenters. The Balaban J connectivity index is 2.35. The molecule has 0 atom stereocenters. The van der Waals surface area contributed by atoms with E-state index in [-0.39, 0.29) is 18.1 Å². The zero-order valence-corrected chi connectivity index (χ0v) is 11.8. The van der Waals surface area contributed by atoms with Crippen LogP contribution in [0, 0.1) is 5.92 Å². The second kappa shape index (κ2) is 7.74. The van der Waals surface area contributed by atoms with Gasteiger partial charge >= 0.3 is 0 Å². The number of carbonyl (C=O) groups excluding carboxylic acids is 1. The van der Waals surface area contributed by atoms with E-state index in [0.29, 0.717) is 6.54 Å². The first kappa shape index (κ1) is 15.4. The van der Waals surface area contributed by atoms with Gasteiger partial charge in [0.25, 0.3) is 0 Å². The SMILES string of the molecule is CCCNC(=O)COC1(CN)CCC(CC)CC1. The largest absolute Gasteiger partial charge is 0.364 e. The molecule has 0 spiro atoms. The number of amides is 1. The minimum absolute atomic E-state index is 0.0257. The summed E-state index contributed by atoms with van der Waals surface area (Å²) in [4.78, 5) is 11.5. The minimum Gasteiger partial charge on any atom is -0.364 e. The first-order valence-electron chi connectivity index (χ1n) is 7.26. The van der Waals surface area contributed by atoms with E-state index in [1.807, 2.05) is 6.92 Å². The standard InChI is InChI=1S/C14H28N2O2/c1-3-9-16-13(17)10-18-14(11-15)7-5-12(4-2)6-8-14/h12H,3-11,15H2,1-2H3,(H,16,17). The molecule has 0 aromatic rings. The Morgan fingerprint density at radius 1 is 1.39 bits per heavy atom. The molecule has 1 saturated carbocycles. The summed E-state index contributed by atoms with van der Waals surface area (Å²) in [5, 5.41) is 2.83. The molecule has 0 aliphatic heterocycles. The van der Waals surface area contributed by atoms with Gasteiger partial charge in [0.1, 0.15) is 6.61 Å². The van der Waals surface area contributed by atoms with Crippen LogP contribution in [0.2, 0.25) is 0 Å². The monoisotopic (exact) mass is 256 g/mol. The van der Waals surface area contributed by atoms with Crippen molar-refractivity contribution in [2.24, 2.45) is 11.7 Å². The molecule has 4 heteroatoms. The summed E-state index contributed by atoms with van der Waals surface area (Å²) in [6, 6.07) is 0. The molecule has 1 aliphatic rings. The van der Waals surface area contributed by atoms with Gasteiger partial charge in [-0.15, -0.1) is 0 Å². The smallest absolute Gasteiger partial charge is 0.246 e. The Bertz CT molecular complexity index is 248. The lowest BCUT2D eigenvalue weighted by Crippen LogP contribution is -2.46.